The average molecular weight is 372 g/mol. The Morgan fingerprint density at radius 2 is 2.14 bits per heavy atom. The van der Waals surface area contributed by atoms with Crippen LogP contribution in [0.3, 0.4) is 0 Å². The molecule has 0 spiro atoms. The average Bonchev–Trinajstić information content (AvgIpc) is 2.91. The molecule has 2 heterocycles. The number of nitrogens with one attached hydrogen (secondary N) is 1. The molecule has 0 atom stereocenters. The molecule has 21 heavy (non-hydrogen) atoms. The number of hydrogen-bond acceptors (Lipinski definition) is 3. The maximum atomic E-state index is 13.2. The van der Waals surface area contributed by atoms with Crippen LogP contribution in [0.5, 0.6) is 0 Å². The molecule has 2 aromatic rings. The van der Waals surface area contributed by atoms with Crippen LogP contribution in [0.2, 0.25) is 0 Å². The third-order valence-electron chi connectivity index (χ3n) is 3.79. The molecule has 6 heteroatoms. The van der Waals surface area contributed by atoms with E-state index in [2.05, 4.69) is 21.2 Å². The zero-order valence-corrected chi connectivity index (χ0v) is 13.7. The number of rotatable bonds is 3. The van der Waals surface area contributed by atoms with Crippen molar-refractivity contribution in [3.8, 4) is 0 Å². The van der Waals surface area contributed by atoms with Crippen molar-refractivity contribution in [2.45, 2.75) is 18.4 Å². The van der Waals surface area contributed by atoms with E-state index in [1.807, 2.05) is 6.07 Å². The molecule has 1 N–H and O–H groups in total. The lowest BCUT2D eigenvalue weighted by atomic mass is 9.92. The van der Waals surface area contributed by atoms with Crippen molar-refractivity contribution in [1.82, 2.24) is 5.32 Å². The summed E-state index contributed by atoms with van der Waals surface area (Å²) in [6.45, 7) is 1.31. The SMILES string of the molecule is O=C(NC1(CBr)CCOCC1)c1cc2ccc(F)cc2s1. The molecule has 0 aliphatic carbocycles. The van der Waals surface area contributed by atoms with Crippen LogP contribution in [0.1, 0.15) is 22.5 Å². The lowest BCUT2D eigenvalue weighted by molar-refractivity contribution is 0.0443. The second-order valence-corrected chi connectivity index (χ2v) is 6.92. The molecule has 1 saturated heterocycles. The van der Waals surface area contributed by atoms with Gasteiger partial charge in [0.2, 0.25) is 0 Å². The van der Waals surface area contributed by atoms with Gasteiger partial charge in [-0.1, -0.05) is 22.0 Å². The van der Waals surface area contributed by atoms with Gasteiger partial charge in [-0.15, -0.1) is 11.3 Å². The number of alkyl halides is 1. The Kier molecular flexibility index (Phi) is 4.28. The van der Waals surface area contributed by atoms with Crippen LogP contribution in [-0.2, 0) is 4.74 Å². The highest BCUT2D eigenvalue weighted by molar-refractivity contribution is 9.09. The Balaban J connectivity index is 1.82. The zero-order valence-electron chi connectivity index (χ0n) is 11.3. The van der Waals surface area contributed by atoms with Crippen LogP contribution in [0.15, 0.2) is 24.3 Å². The summed E-state index contributed by atoms with van der Waals surface area (Å²) < 4.78 is 19.4. The first-order chi connectivity index (χ1) is 10.1. The normalized spacial score (nSPS) is 17.8. The highest BCUT2D eigenvalue weighted by Gasteiger charge is 2.33. The number of amides is 1. The Morgan fingerprint density at radius 3 is 2.86 bits per heavy atom. The lowest BCUT2D eigenvalue weighted by Gasteiger charge is -2.36. The van der Waals surface area contributed by atoms with Gasteiger partial charge in [0.05, 0.1) is 10.4 Å². The molecular formula is C15H15BrFNO2S. The summed E-state index contributed by atoms with van der Waals surface area (Å²) in [6.07, 6.45) is 1.59. The van der Waals surface area contributed by atoms with E-state index in [0.717, 1.165) is 22.9 Å². The highest BCUT2D eigenvalue weighted by Crippen LogP contribution is 2.28. The number of benzene rings is 1. The van der Waals surface area contributed by atoms with Gasteiger partial charge in [-0.25, -0.2) is 4.39 Å². The standard InChI is InChI=1S/C15H15BrFNO2S/c16-9-15(3-5-20-6-4-15)18-14(19)13-7-10-1-2-11(17)8-12(10)21-13/h1-2,7-8H,3-6,9H2,(H,18,19). The van der Waals surface area contributed by atoms with Crippen molar-refractivity contribution in [3.05, 3.63) is 35.0 Å². The van der Waals surface area contributed by atoms with E-state index in [0.29, 0.717) is 23.4 Å². The molecule has 0 unspecified atom stereocenters. The van der Waals surface area contributed by atoms with Gasteiger partial charge in [0.15, 0.2) is 0 Å². The minimum absolute atomic E-state index is 0.0991. The first-order valence-corrected chi connectivity index (χ1v) is 8.71. The topological polar surface area (TPSA) is 38.3 Å². The maximum Gasteiger partial charge on any atom is 0.261 e. The Bertz CT molecular complexity index is 667. The Hall–Kier alpha value is -0.980. The summed E-state index contributed by atoms with van der Waals surface area (Å²) in [4.78, 5) is 13.1. The van der Waals surface area contributed by atoms with Gasteiger partial charge < -0.3 is 10.1 Å². The zero-order chi connectivity index (χ0) is 14.9. The predicted octanol–water partition coefficient (Wildman–Crippen LogP) is 3.71. The van der Waals surface area contributed by atoms with Gasteiger partial charge in [0.1, 0.15) is 5.82 Å². The van der Waals surface area contributed by atoms with E-state index in [-0.39, 0.29) is 17.3 Å². The van der Waals surface area contributed by atoms with Gasteiger partial charge >= 0.3 is 0 Å². The number of fused-ring (bicyclic) bond motifs is 1. The number of thiophene rings is 1. The third-order valence-corrected chi connectivity index (χ3v) is 5.96. The van der Waals surface area contributed by atoms with E-state index >= 15 is 0 Å². The molecule has 1 fully saturated rings. The first-order valence-electron chi connectivity index (χ1n) is 6.77. The molecule has 1 aromatic carbocycles. The summed E-state index contributed by atoms with van der Waals surface area (Å²) in [5, 5.41) is 4.72. The monoisotopic (exact) mass is 371 g/mol. The maximum absolute atomic E-state index is 13.2. The Morgan fingerprint density at radius 1 is 1.38 bits per heavy atom. The van der Waals surface area contributed by atoms with Gasteiger partial charge in [0.25, 0.3) is 5.91 Å². The van der Waals surface area contributed by atoms with Gasteiger partial charge in [0, 0.05) is 23.2 Å². The number of halogens is 2. The summed E-state index contributed by atoms with van der Waals surface area (Å²) in [5.41, 5.74) is -0.253. The van der Waals surface area contributed by atoms with Crippen molar-refractivity contribution in [2.24, 2.45) is 0 Å². The molecule has 3 nitrogen and oxygen atoms in total. The third kappa shape index (κ3) is 3.12. The van der Waals surface area contributed by atoms with Crippen LogP contribution < -0.4 is 5.32 Å². The molecule has 1 aliphatic rings. The molecular weight excluding hydrogens is 357 g/mol. The minimum Gasteiger partial charge on any atom is -0.381 e. The molecule has 1 amide bonds. The number of carbonyl (C=O) groups is 1. The van der Waals surface area contributed by atoms with Crippen LogP contribution >= 0.6 is 27.3 Å². The molecule has 112 valence electrons. The van der Waals surface area contributed by atoms with Gasteiger partial charge in [-0.2, -0.15) is 0 Å². The number of carbonyl (C=O) groups excluding carboxylic acids is 1. The van der Waals surface area contributed by atoms with E-state index in [4.69, 9.17) is 4.74 Å². The highest BCUT2D eigenvalue weighted by atomic mass is 79.9. The summed E-state index contributed by atoms with van der Waals surface area (Å²) in [7, 11) is 0. The predicted molar refractivity (Wildman–Crippen MR) is 85.8 cm³/mol. The molecule has 0 saturated carbocycles. The van der Waals surface area contributed by atoms with Crippen LogP contribution in [0.4, 0.5) is 4.39 Å². The molecule has 1 aliphatic heterocycles. The molecule has 0 radical (unpaired) electrons. The molecule has 0 bridgehead atoms. The van der Waals surface area contributed by atoms with Crippen molar-refractivity contribution >= 4 is 43.3 Å². The van der Waals surface area contributed by atoms with Crippen molar-refractivity contribution < 1.29 is 13.9 Å². The number of hydrogen-bond donors (Lipinski definition) is 1. The van der Waals surface area contributed by atoms with E-state index in [1.165, 1.54) is 23.5 Å². The summed E-state index contributed by atoms with van der Waals surface area (Å²) in [5.74, 6) is -0.379. The second kappa shape index (κ2) is 6.02. The lowest BCUT2D eigenvalue weighted by Crippen LogP contribution is -2.53. The fourth-order valence-electron chi connectivity index (χ4n) is 2.47. The largest absolute Gasteiger partial charge is 0.381 e. The van der Waals surface area contributed by atoms with Crippen LogP contribution in [0.25, 0.3) is 10.1 Å². The van der Waals surface area contributed by atoms with Crippen molar-refractivity contribution in [2.75, 3.05) is 18.5 Å². The fourth-order valence-corrected chi connectivity index (χ4v) is 4.16. The van der Waals surface area contributed by atoms with E-state index in [1.54, 1.807) is 6.07 Å². The Labute approximate surface area is 134 Å². The first kappa shape index (κ1) is 14.9. The van der Waals surface area contributed by atoms with Gasteiger partial charge in [-0.3, -0.25) is 4.79 Å². The smallest absolute Gasteiger partial charge is 0.261 e. The molecule has 3 rings (SSSR count). The summed E-state index contributed by atoms with van der Waals surface area (Å²) in [6, 6.07) is 6.39. The van der Waals surface area contributed by atoms with Crippen LogP contribution in [0, 0.1) is 5.82 Å². The summed E-state index contributed by atoms with van der Waals surface area (Å²) >= 11 is 4.82. The van der Waals surface area contributed by atoms with Crippen molar-refractivity contribution in [1.29, 1.82) is 0 Å². The number of ether oxygens (including phenoxy) is 1. The fraction of sp³-hybridized carbons (Fsp3) is 0.400. The quantitative estimate of drug-likeness (QED) is 0.835. The minimum atomic E-state index is -0.280. The van der Waals surface area contributed by atoms with E-state index in [9.17, 15) is 9.18 Å². The van der Waals surface area contributed by atoms with E-state index < -0.39 is 0 Å². The van der Waals surface area contributed by atoms with Crippen molar-refractivity contribution in [3.63, 3.8) is 0 Å². The second-order valence-electron chi connectivity index (χ2n) is 5.27. The van der Waals surface area contributed by atoms with Gasteiger partial charge in [-0.05, 0) is 36.4 Å². The van der Waals surface area contributed by atoms with Crippen LogP contribution in [-0.4, -0.2) is 30.0 Å². The molecule has 1 aromatic heterocycles.